The molecule has 29 heavy (non-hydrogen) atoms. The van der Waals surface area contributed by atoms with Gasteiger partial charge in [0.25, 0.3) is 5.91 Å². The Balaban J connectivity index is 1.24. The molecule has 0 radical (unpaired) electrons. The quantitative estimate of drug-likeness (QED) is 0.744. The van der Waals surface area contributed by atoms with E-state index in [2.05, 4.69) is 46.4 Å². The lowest BCUT2D eigenvalue weighted by molar-refractivity contribution is -0.0389. The molecule has 2 fully saturated rings. The first-order valence-corrected chi connectivity index (χ1v) is 10.3. The van der Waals surface area contributed by atoms with E-state index < -0.39 is 0 Å². The monoisotopic (exact) mass is 390 g/mol. The van der Waals surface area contributed by atoms with Crippen molar-refractivity contribution < 1.29 is 9.53 Å². The second-order valence-corrected chi connectivity index (χ2v) is 8.21. The zero-order valence-corrected chi connectivity index (χ0v) is 16.7. The molecule has 2 saturated heterocycles. The standard InChI is InChI=1S/C23H26N4O2/c1-26(17-7-3-2-4-8-17)18-15-23(29-16-18)11-13-27(14-12-23)22(28)21-19-9-5-6-10-20(19)24-25-21/h2-10,18H,11-16H2,1H3,(H,24,25)/t18-/m1/s1. The molecule has 0 unspecified atom stereocenters. The van der Waals surface area contributed by atoms with E-state index >= 15 is 0 Å². The molecular weight excluding hydrogens is 364 g/mol. The Kier molecular flexibility index (Phi) is 4.51. The van der Waals surface area contributed by atoms with Crippen LogP contribution < -0.4 is 4.90 Å². The van der Waals surface area contributed by atoms with Gasteiger partial charge < -0.3 is 14.5 Å². The molecule has 6 nitrogen and oxygen atoms in total. The fourth-order valence-corrected chi connectivity index (χ4v) is 4.68. The maximum absolute atomic E-state index is 13.0. The van der Waals surface area contributed by atoms with Gasteiger partial charge in [0.2, 0.25) is 0 Å². The number of anilines is 1. The molecule has 3 heterocycles. The van der Waals surface area contributed by atoms with E-state index in [1.54, 1.807) is 0 Å². The van der Waals surface area contributed by atoms with Crippen LogP contribution in [0, 0.1) is 0 Å². The molecule has 1 amide bonds. The third kappa shape index (κ3) is 3.27. The fraction of sp³-hybridized carbons (Fsp3) is 0.391. The van der Waals surface area contributed by atoms with E-state index in [0.29, 0.717) is 24.8 Å². The largest absolute Gasteiger partial charge is 0.373 e. The van der Waals surface area contributed by atoms with Gasteiger partial charge in [-0.15, -0.1) is 0 Å². The second-order valence-electron chi connectivity index (χ2n) is 8.21. The summed E-state index contributed by atoms with van der Waals surface area (Å²) in [6.45, 7) is 2.16. The number of likely N-dealkylation sites (tertiary alicyclic amines) is 1. The van der Waals surface area contributed by atoms with Gasteiger partial charge in [-0.05, 0) is 37.5 Å². The topological polar surface area (TPSA) is 61.5 Å². The van der Waals surface area contributed by atoms with Crippen molar-refractivity contribution in [3.05, 3.63) is 60.3 Å². The maximum atomic E-state index is 13.0. The molecule has 1 N–H and O–H groups in total. The van der Waals surface area contributed by atoms with Gasteiger partial charge in [-0.1, -0.05) is 36.4 Å². The summed E-state index contributed by atoms with van der Waals surface area (Å²) < 4.78 is 6.32. The van der Waals surface area contributed by atoms with Gasteiger partial charge in [0.1, 0.15) is 0 Å². The van der Waals surface area contributed by atoms with E-state index in [1.807, 2.05) is 35.2 Å². The van der Waals surface area contributed by atoms with E-state index in [4.69, 9.17) is 4.74 Å². The minimum absolute atomic E-state index is 0.00764. The number of carbonyl (C=O) groups excluding carboxylic acids is 1. The Labute approximate surface area is 170 Å². The minimum atomic E-state index is -0.113. The maximum Gasteiger partial charge on any atom is 0.274 e. The fourth-order valence-electron chi connectivity index (χ4n) is 4.68. The van der Waals surface area contributed by atoms with E-state index in [-0.39, 0.29) is 11.5 Å². The number of piperidine rings is 1. The molecule has 1 aromatic heterocycles. The van der Waals surface area contributed by atoms with Gasteiger partial charge in [-0.2, -0.15) is 5.10 Å². The molecule has 1 spiro atoms. The highest BCUT2D eigenvalue weighted by atomic mass is 16.5. The van der Waals surface area contributed by atoms with Gasteiger partial charge in [-0.25, -0.2) is 0 Å². The molecule has 0 aliphatic carbocycles. The molecule has 2 aromatic carbocycles. The summed E-state index contributed by atoms with van der Waals surface area (Å²) in [6.07, 6.45) is 2.76. The zero-order chi connectivity index (χ0) is 19.8. The molecule has 1 atom stereocenters. The van der Waals surface area contributed by atoms with Crippen LogP contribution in [-0.4, -0.2) is 59.4 Å². The van der Waals surface area contributed by atoms with Crippen molar-refractivity contribution in [2.45, 2.75) is 30.9 Å². The predicted molar refractivity (Wildman–Crippen MR) is 113 cm³/mol. The Morgan fingerprint density at radius 3 is 2.66 bits per heavy atom. The van der Waals surface area contributed by atoms with Crippen LogP contribution in [0.2, 0.25) is 0 Å². The van der Waals surface area contributed by atoms with Crippen LogP contribution in [0.4, 0.5) is 5.69 Å². The SMILES string of the molecule is CN(c1ccccc1)[C@H]1COC2(CCN(C(=O)c3n[nH]c4ccccc34)CC2)C1. The third-order valence-electron chi connectivity index (χ3n) is 6.54. The number of para-hydroxylation sites is 2. The number of nitrogens with one attached hydrogen (secondary N) is 1. The van der Waals surface area contributed by atoms with E-state index in [1.165, 1.54) is 5.69 Å². The number of hydrogen-bond donors (Lipinski definition) is 1. The lowest BCUT2D eigenvalue weighted by Crippen LogP contribution is -2.47. The summed E-state index contributed by atoms with van der Waals surface area (Å²) in [7, 11) is 2.14. The number of aromatic nitrogens is 2. The van der Waals surface area contributed by atoms with Gasteiger partial charge in [0, 0.05) is 31.2 Å². The summed E-state index contributed by atoms with van der Waals surface area (Å²) in [5.74, 6) is 0.00764. The van der Waals surface area contributed by atoms with Crippen LogP contribution >= 0.6 is 0 Å². The first kappa shape index (κ1) is 18.2. The zero-order valence-electron chi connectivity index (χ0n) is 16.7. The Hall–Kier alpha value is -2.86. The number of H-pyrrole nitrogens is 1. The van der Waals surface area contributed by atoms with Crippen molar-refractivity contribution in [2.75, 3.05) is 31.6 Å². The van der Waals surface area contributed by atoms with Gasteiger partial charge in [0.15, 0.2) is 5.69 Å². The molecule has 2 aliphatic heterocycles. The summed E-state index contributed by atoms with van der Waals surface area (Å²) in [5, 5.41) is 8.13. The summed E-state index contributed by atoms with van der Waals surface area (Å²) in [6, 6.07) is 18.6. The van der Waals surface area contributed by atoms with Gasteiger partial charge in [0.05, 0.1) is 23.8 Å². The molecule has 150 valence electrons. The molecule has 0 bridgehead atoms. The number of likely N-dealkylation sites (N-methyl/N-ethyl adjacent to an activating group) is 1. The highest BCUT2D eigenvalue weighted by molar-refractivity contribution is 6.04. The normalized spacial score (nSPS) is 21.0. The van der Waals surface area contributed by atoms with Gasteiger partial charge in [-0.3, -0.25) is 9.89 Å². The molecule has 0 saturated carbocycles. The summed E-state index contributed by atoms with van der Waals surface area (Å²) in [4.78, 5) is 17.3. The highest BCUT2D eigenvalue weighted by Gasteiger charge is 2.44. The molecule has 3 aromatic rings. The molecule has 2 aliphatic rings. The number of aromatic amines is 1. The Morgan fingerprint density at radius 1 is 1.14 bits per heavy atom. The van der Waals surface area contributed by atoms with Crippen molar-refractivity contribution in [1.29, 1.82) is 0 Å². The van der Waals surface area contributed by atoms with Crippen molar-refractivity contribution in [1.82, 2.24) is 15.1 Å². The average molecular weight is 390 g/mol. The third-order valence-corrected chi connectivity index (χ3v) is 6.54. The molecule has 5 rings (SSSR count). The smallest absolute Gasteiger partial charge is 0.274 e. The number of amides is 1. The van der Waals surface area contributed by atoms with Crippen LogP contribution in [0.25, 0.3) is 10.9 Å². The van der Waals surface area contributed by atoms with Crippen LogP contribution in [0.3, 0.4) is 0 Å². The Bertz CT molecular complexity index is 1010. The number of hydrogen-bond acceptors (Lipinski definition) is 4. The lowest BCUT2D eigenvalue weighted by atomic mass is 9.87. The number of ether oxygens (including phenoxy) is 1. The van der Waals surface area contributed by atoms with Crippen molar-refractivity contribution >= 4 is 22.5 Å². The number of carbonyl (C=O) groups is 1. The summed E-state index contributed by atoms with van der Waals surface area (Å²) >= 11 is 0. The van der Waals surface area contributed by atoms with E-state index in [0.717, 1.165) is 36.8 Å². The molecular formula is C23H26N4O2. The number of fused-ring (bicyclic) bond motifs is 1. The van der Waals surface area contributed by atoms with Crippen LogP contribution in [-0.2, 0) is 4.74 Å². The van der Waals surface area contributed by atoms with Crippen molar-refractivity contribution in [3.8, 4) is 0 Å². The number of rotatable bonds is 3. The van der Waals surface area contributed by atoms with Crippen molar-refractivity contribution in [2.24, 2.45) is 0 Å². The number of nitrogens with zero attached hydrogens (tertiary/aromatic N) is 3. The van der Waals surface area contributed by atoms with Crippen LogP contribution in [0.5, 0.6) is 0 Å². The highest BCUT2D eigenvalue weighted by Crippen LogP contribution is 2.38. The van der Waals surface area contributed by atoms with E-state index in [9.17, 15) is 4.79 Å². The summed E-state index contributed by atoms with van der Waals surface area (Å²) in [5.41, 5.74) is 2.52. The lowest BCUT2D eigenvalue weighted by Gasteiger charge is -2.38. The first-order chi connectivity index (χ1) is 14.2. The molecule has 6 heteroatoms. The number of benzene rings is 2. The average Bonchev–Trinajstić information content (AvgIpc) is 3.39. The second kappa shape index (κ2) is 7.19. The van der Waals surface area contributed by atoms with Gasteiger partial charge >= 0.3 is 0 Å². The Morgan fingerprint density at radius 2 is 1.86 bits per heavy atom. The van der Waals surface area contributed by atoms with Crippen molar-refractivity contribution in [3.63, 3.8) is 0 Å². The predicted octanol–water partition coefficient (Wildman–Crippen LogP) is 3.46. The van der Waals surface area contributed by atoms with Crippen LogP contribution in [0.1, 0.15) is 29.8 Å². The minimum Gasteiger partial charge on any atom is -0.373 e. The van der Waals surface area contributed by atoms with Crippen LogP contribution in [0.15, 0.2) is 54.6 Å². The first-order valence-electron chi connectivity index (χ1n) is 10.3.